The number of aromatic amines is 1. The third-order valence-electron chi connectivity index (χ3n) is 1.29. The van der Waals surface area contributed by atoms with Gasteiger partial charge in [0.2, 0.25) is 0 Å². The fourth-order valence-electron chi connectivity index (χ4n) is 0.694. The van der Waals surface area contributed by atoms with Crippen molar-refractivity contribution < 1.29 is 14.3 Å². The van der Waals surface area contributed by atoms with E-state index in [1.54, 1.807) is 0 Å². The standard InChI is InChI=1S/C6H6FNO2/c1-3-4(7)2-8-5(3)6(9)10/h2,8H,1H3,(H,9,10). The maximum atomic E-state index is 12.4. The fourth-order valence-corrected chi connectivity index (χ4v) is 0.694. The van der Waals surface area contributed by atoms with E-state index in [-0.39, 0.29) is 11.3 Å². The Balaban J connectivity index is 3.17. The topological polar surface area (TPSA) is 53.1 Å². The maximum absolute atomic E-state index is 12.4. The minimum atomic E-state index is -1.14. The number of halogens is 1. The summed E-state index contributed by atoms with van der Waals surface area (Å²) in [4.78, 5) is 12.5. The number of H-pyrrole nitrogens is 1. The smallest absolute Gasteiger partial charge is 0.352 e. The monoisotopic (exact) mass is 143 g/mol. The van der Waals surface area contributed by atoms with Gasteiger partial charge in [0, 0.05) is 11.8 Å². The average Bonchev–Trinajstić information content (AvgIpc) is 2.14. The van der Waals surface area contributed by atoms with Crippen molar-refractivity contribution in [2.75, 3.05) is 0 Å². The molecule has 3 nitrogen and oxygen atoms in total. The van der Waals surface area contributed by atoms with Gasteiger partial charge in [-0.25, -0.2) is 9.18 Å². The molecule has 0 atom stereocenters. The molecule has 1 aromatic rings. The summed E-state index contributed by atoms with van der Waals surface area (Å²) < 4.78 is 12.4. The molecule has 0 fully saturated rings. The Morgan fingerprint density at radius 2 is 2.40 bits per heavy atom. The van der Waals surface area contributed by atoms with Crippen molar-refractivity contribution in [2.45, 2.75) is 6.92 Å². The van der Waals surface area contributed by atoms with Crippen LogP contribution in [0.1, 0.15) is 16.1 Å². The van der Waals surface area contributed by atoms with E-state index in [0.29, 0.717) is 0 Å². The number of carbonyl (C=O) groups is 1. The molecular weight excluding hydrogens is 137 g/mol. The predicted octanol–water partition coefficient (Wildman–Crippen LogP) is 1.16. The quantitative estimate of drug-likeness (QED) is 0.619. The summed E-state index contributed by atoms with van der Waals surface area (Å²) >= 11 is 0. The van der Waals surface area contributed by atoms with E-state index in [9.17, 15) is 9.18 Å². The third kappa shape index (κ3) is 0.877. The van der Waals surface area contributed by atoms with Gasteiger partial charge in [-0.2, -0.15) is 0 Å². The van der Waals surface area contributed by atoms with Crippen molar-refractivity contribution in [1.82, 2.24) is 4.98 Å². The van der Waals surface area contributed by atoms with E-state index in [0.717, 1.165) is 6.20 Å². The normalized spacial score (nSPS) is 9.80. The van der Waals surface area contributed by atoms with Crippen LogP contribution in [0.2, 0.25) is 0 Å². The van der Waals surface area contributed by atoms with Crippen LogP contribution in [0.15, 0.2) is 6.20 Å². The van der Waals surface area contributed by atoms with Gasteiger partial charge in [0.15, 0.2) is 0 Å². The molecule has 0 amide bonds. The molecule has 10 heavy (non-hydrogen) atoms. The van der Waals surface area contributed by atoms with Gasteiger partial charge in [-0.15, -0.1) is 0 Å². The Morgan fingerprint density at radius 1 is 1.80 bits per heavy atom. The molecular formula is C6H6FNO2. The van der Waals surface area contributed by atoms with Crippen LogP contribution in [0.5, 0.6) is 0 Å². The maximum Gasteiger partial charge on any atom is 0.352 e. The lowest BCUT2D eigenvalue weighted by atomic mass is 10.3. The van der Waals surface area contributed by atoms with Gasteiger partial charge in [0.05, 0.1) is 0 Å². The minimum absolute atomic E-state index is 0.0856. The minimum Gasteiger partial charge on any atom is -0.477 e. The van der Waals surface area contributed by atoms with E-state index < -0.39 is 11.8 Å². The number of hydrogen-bond donors (Lipinski definition) is 2. The molecule has 54 valence electrons. The van der Waals surface area contributed by atoms with Crippen molar-refractivity contribution >= 4 is 5.97 Å². The molecule has 4 heteroatoms. The largest absolute Gasteiger partial charge is 0.477 e. The molecule has 0 aliphatic carbocycles. The fraction of sp³-hybridized carbons (Fsp3) is 0.167. The van der Waals surface area contributed by atoms with Crippen molar-refractivity contribution in [3.05, 3.63) is 23.3 Å². The Labute approximate surface area is 56.5 Å². The number of rotatable bonds is 1. The zero-order chi connectivity index (χ0) is 7.72. The van der Waals surface area contributed by atoms with Gasteiger partial charge in [-0.1, -0.05) is 0 Å². The molecule has 2 N–H and O–H groups in total. The lowest BCUT2D eigenvalue weighted by Crippen LogP contribution is -1.98. The predicted molar refractivity (Wildman–Crippen MR) is 32.4 cm³/mol. The van der Waals surface area contributed by atoms with E-state index in [2.05, 4.69) is 4.98 Å². The van der Waals surface area contributed by atoms with Crippen molar-refractivity contribution in [3.63, 3.8) is 0 Å². The van der Waals surface area contributed by atoms with Crippen LogP contribution in [-0.2, 0) is 0 Å². The highest BCUT2D eigenvalue weighted by molar-refractivity contribution is 5.87. The van der Waals surface area contributed by atoms with E-state index in [1.165, 1.54) is 6.92 Å². The van der Waals surface area contributed by atoms with Gasteiger partial charge < -0.3 is 10.1 Å². The molecule has 0 aliphatic rings. The first-order valence-electron chi connectivity index (χ1n) is 2.69. The van der Waals surface area contributed by atoms with Crippen LogP contribution in [0, 0.1) is 12.7 Å². The van der Waals surface area contributed by atoms with Crippen LogP contribution in [0.3, 0.4) is 0 Å². The van der Waals surface area contributed by atoms with Gasteiger partial charge in [0.25, 0.3) is 0 Å². The molecule has 0 aromatic carbocycles. The van der Waals surface area contributed by atoms with Gasteiger partial charge in [-0.3, -0.25) is 0 Å². The number of carboxylic acid groups (broad SMARTS) is 1. The zero-order valence-electron chi connectivity index (χ0n) is 5.31. The van der Waals surface area contributed by atoms with Crippen LogP contribution >= 0.6 is 0 Å². The molecule has 0 saturated heterocycles. The second-order valence-corrected chi connectivity index (χ2v) is 1.94. The zero-order valence-corrected chi connectivity index (χ0v) is 5.31. The summed E-state index contributed by atoms with van der Waals surface area (Å²) in [5.41, 5.74) is 0.0602. The molecule has 0 aliphatic heterocycles. The molecule has 0 spiro atoms. The Morgan fingerprint density at radius 3 is 2.60 bits per heavy atom. The molecule has 0 saturated carbocycles. The van der Waals surface area contributed by atoms with Gasteiger partial charge >= 0.3 is 5.97 Å². The van der Waals surface area contributed by atoms with Crippen LogP contribution in [0.25, 0.3) is 0 Å². The Kier molecular flexibility index (Phi) is 1.45. The summed E-state index contributed by atoms with van der Waals surface area (Å²) in [6.45, 7) is 1.41. The van der Waals surface area contributed by atoms with Gasteiger partial charge in [-0.05, 0) is 6.92 Å². The van der Waals surface area contributed by atoms with E-state index in [1.807, 2.05) is 0 Å². The number of carboxylic acids is 1. The molecule has 1 heterocycles. The average molecular weight is 143 g/mol. The van der Waals surface area contributed by atoms with Crippen LogP contribution < -0.4 is 0 Å². The first kappa shape index (κ1) is 6.80. The highest BCUT2D eigenvalue weighted by atomic mass is 19.1. The first-order chi connectivity index (χ1) is 4.63. The lowest BCUT2D eigenvalue weighted by Gasteiger charge is -1.88. The summed E-state index contributed by atoms with van der Waals surface area (Å²) in [7, 11) is 0. The Hall–Kier alpha value is -1.32. The van der Waals surface area contributed by atoms with Crippen molar-refractivity contribution in [2.24, 2.45) is 0 Å². The van der Waals surface area contributed by atoms with E-state index >= 15 is 0 Å². The number of hydrogen-bond acceptors (Lipinski definition) is 1. The SMILES string of the molecule is Cc1c(F)c[nH]c1C(=O)O. The second-order valence-electron chi connectivity index (χ2n) is 1.94. The molecule has 1 rings (SSSR count). The number of nitrogens with one attached hydrogen (secondary N) is 1. The second kappa shape index (κ2) is 2.13. The molecule has 1 aromatic heterocycles. The summed E-state index contributed by atoms with van der Waals surface area (Å²) in [5.74, 6) is -1.65. The Bertz CT molecular complexity index is 267. The third-order valence-corrected chi connectivity index (χ3v) is 1.29. The van der Waals surface area contributed by atoms with E-state index in [4.69, 9.17) is 5.11 Å². The van der Waals surface area contributed by atoms with Crippen LogP contribution in [-0.4, -0.2) is 16.1 Å². The lowest BCUT2D eigenvalue weighted by molar-refractivity contribution is 0.0690. The summed E-state index contributed by atoms with van der Waals surface area (Å²) in [6, 6.07) is 0. The van der Waals surface area contributed by atoms with Crippen molar-refractivity contribution in [3.8, 4) is 0 Å². The summed E-state index contributed by atoms with van der Waals surface area (Å²) in [5, 5.41) is 8.38. The van der Waals surface area contributed by atoms with Crippen LogP contribution in [0.4, 0.5) is 4.39 Å². The molecule has 0 unspecified atom stereocenters. The number of aromatic carboxylic acids is 1. The highest BCUT2D eigenvalue weighted by Gasteiger charge is 2.11. The van der Waals surface area contributed by atoms with Gasteiger partial charge in [0.1, 0.15) is 11.5 Å². The highest BCUT2D eigenvalue weighted by Crippen LogP contribution is 2.09. The molecule has 0 radical (unpaired) electrons. The molecule has 0 bridgehead atoms. The number of aromatic nitrogens is 1. The first-order valence-corrected chi connectivity index (χ1v) is 2.69. The summed E-state index contributed by atoms with van der Waals surface area (Å²) in [6.07, 6.45) is 1.03. The van der Waals surface area contributed by atoms with Crippen molar-refractivity contribution in [1.29, 1.82) is 0 Å².